The van der Waals surface area contributed by atoms with Crippen molar-refractivity contribution in [3.05, 3.63) is 60.2 Å². The lowest BCUT2D eigenvalue weighted by atomic mass is 10.2. The first kappa shape index (κ1) is 19.2. The van der Waals surface area contributed by atoms with Gasteiger partial charge in [-0.2, -0.15) is 4.31 Å². The van der Waals surface area contributed by atoms with Gasteiger partial charge in [0.1, 0.15) is 12.7 Å². The number of hydrogen-bond acceptors (Lipinski definition) is 5. The summed E-state index contributed by atoms with van der Waals surface area (Å²) in [5, 5.41) is 2.72. The number of hydrogen-bond donors (Lipinski definition) is 1. The fourth-order valence-corrected chi connectivity index (χ4v) is 3.42. The molecule has 8 heteroatoms. The van der Waals surface area contributed by atoms with Crippen molar-refractivity contribution in [1.82, 2.24) is 9.62 Å². The van der Waals surface area contributed by atoms with Crippen LogP contribution in [0.2, 0.25) is 0 Å². The topological polar surface area (TPSA) is 84.9 Å². The third-order valence-corrected chi connectivity index (χ3v) is 5.28. The number of fused-ring (bicyclic) bond motifs is 1. The van der Waals surface area contributed by atoms with Crippen LogP contribution in [0.5, 0.6) is 11.5 Å². The van der Waals surface area contributed by atoms with Crippen molar-refractivity contribution in [1.29, 1.82) is 0 Å². The Bertz CT molecular complexity index is 886. The van der Waals surface area contributed by atoms with E-state index in [0.717, 1.165) is 16.1 Å². The second kappa shape index (κ2) is 8.41. The molecule has 0 aliphatic carbocycles. The van der Waals surface area contributed by atoms with E-state index < -0.39 is 10.0 Å². The van der Waals surface area contributed by atoms with Gasteiger partial charge in [0, 0.05) is 6.54 Å². The van der Waals surface area contributed by atoms with E-state index in [4.69, 9.17) is 9.47 Å². The largest absolute Gasteiger partial charge is 0.486 e. The fourth-order valence-electron chi connectivity index (χ4n) is 2.68. The Morgan fingerprint density at radius 3 is 2.48 bits per heavy atom. The Kier molecular flexibility index (Phi) is 5.98. The smallest absolute Gasteiger partial charge is 0.235 e. The summed E-state index contributed by atoms with van der Waals surface area (Å²) < 4.78 is 36.6. The number of sulfonamides is 1. The number of ether oxygens (including phenoxy) is 2. The molecular weight excluding hydrogens is 368 g/mol. The first-order valence-electron chi connectivity index (χ1n) is 8.56. The maximum atomic E-state index is 12.3. The van der Waals surface area contributed by atoms with Gasteiger partial charge in [-0.1, -0.05) is 42.5 Å². The molecule has 1 heterocycles. The number of nitrogens with zero attached hydrogens (tertiary/aromatic N) is 1. The third kappa shape index (κ3) is 5.45. The molecular formula is C19H22N2O5S. The van der Waals surface area contributed by atoms with Crippen molar-refractivity contribution >= 4 is 15.9 Å². The first-order valence-corrected chi connectivity index (χ1v) is 10.4. The second-order valence-electron chi connectivity index (χ2n) is 6.32. The van der Waals surface area contributed by atoms with E-state index in [0.29, 0.717) is 18.1 Å². The van der Waals surface area contributed by atoms with Crippen LogP contribution in [0.25, 0.3) is 0 Å². The van der Waals surface area contributed by atoms with Gasteiger partial charge in [-0.15, -0.1) is 0 Å². The highest BCUT2D eigenvalue weighted by Gasteiger charge is 2.23. The first-order chi connectivity index (χ1) is 12.9. The van der Waals surface area contributed by atoms with Gasteiger partial charge in [0.15, 0.2) is 11.5 Å². The van der Waals surface area contributed by atoms with Crippen molar-refractivity contribution in [3.63, 3.8) is 0 Å². The minimum Gasteiger partial charge on any atom is -0.486 e. The van der Waals surface area contributed by atoms with E-state index >= 15 is 0 Å². The number of carbonyl (C=O) groups is 1. The molecule has 1 aliphatic heterocycles. The molecule has 27 heavy (non-hydrogen) atoms. The van der Waals surface area contributed by atoms with E-state index in [1.807, 2.05) is 48.5 Å². The zero-order chi connectivity index (χ0) is 19.3. The van der Waals surface area contributed by atoms with Crippen LogP contribution in [0.3, 0.4) is 0 Å². The second-order valence-corrected chi connectivity index (χ2v) is 8.30. The van der Waals surface area contributed by atoms with Gasteiger partial charge in [-0.05, 0) is 17.7 Å². The predicted octanol–water partition coefficient (Wildman–Crippen LogP) is 1.40. The Morgan fingerprint density at radius 2 is 1.78 bits per heavy atom. The molecule has 0 fully saturated rings. The Morgan fingerprint density at radius 1 is 1.11 bits per heavy atom. The zero-order valence-corrected chi connectivity index (χ0v) is 15.8. The minimum absolute atomic E-state index is 0.142. The van der Waals surface area contributed by atoms with Crippen LogP contribution in [-0.2, 0) is 21.4 Å². The number of rotatable bonds is 7. The molecule has 0 radical (unpaired) electrons. The lowest BCUT2D eigenvalue weighted by Gasteiger charge is -2.27. The Labute approximate surface area is 158 Å². The molecule has 0 saturated carbocycles. The molecule has 1 atom stereocenters. The Balaban J connectivity index is 1.54. The SMILES string of the molecule is CS(=O)(=O)N(CC(=O)NCC1COc2ccccc2O1)Cc1ccccc1. The van der Waals surface area contributed by atoms with Crippen LogP contribution in [0.4, 0.5) is 0 Å². The fraction of sp³-hybridized carbons (Fsp3) is 0.316. The number of nitrogens with one attached hydrogen (secondary N) is 1. The molecule has 2 aromatic rings. The average Bonchev–Trinajstić information content (AvgIpc) is 2.66. The summed E-state index contributed by atoms with van der Waals surface area (Å²) in [5.41, 5.74) is 0.816. The van der Waals surface area contributed by atoms with Gasteiger partial charge in [0.2, 0.25) is 15.9 Å². The summed E-state index contributed by atoms with van der Waals surface area (Å²) in [5.74, 6) is 0.912. The van der Waals surface area contributed by atoms with E-state index in [-0.39, 0.29) is 31.6 Å². The number of carbonyl (C=O) groups excluding carboxylic acids is 1. The summed E-state index contributed by atoms with van der Waals surface area (Å²) in [4.78, 5) is 12.3. The van der Waals surface area contributed by atoms with Gasteiger partial charge in [-0.3, -0.25) is 4.79 Å². The van der Waals surface area contributed by atoms with Gasteiger partial charge in [-0.25, -0.2) is 8.42 Å². The van der Waals surface area contributed by atoms with Crippen molar-refractivity contribution in [2.45, 2.75) is 12.6 Å². The normalized spacial score (nSPS) is 16.1. The summed E-state index contributed by atoms with van der Waals surface area (Å²) in [6, 6.07) is 16.5. The number of amides is 1. The molecule has 2 aromatic carbocycles. The van der Waals surface area contributed by atoms with Crippen LogP contribution in [0.1, 0.15) is 5.56 Å². The van der Waals surface area contributed by atoms with Crippen LogP contribution in [0, 0.1) is 0 Å². The quantitative estimate of drug-likeness (QED) is 0.773. The van der Waals surface area contributed by atoms with Gasteiger partial charge in [0.05, 0.1) is 19.3 Å². The molecule has 0 saturated heterocycles. The zero-order valence-electron chi connectivity index (χ0n) is 15.0. The van der Waals surface area contributed by atoms with Gasteiger partial charge < -0.3 is 14.8 Å². The molecule has 1 amide bonds. The van der Waals surface area contributed by atoms with Crippen molar-refractivity contribution in [2.24, 2.45) is 0 Å². The highest BCUT2D eigenvalue weighted by atomic mass is 32.2. The van der Waals surface area contributed by atoms with Crippen LogP contribution >= 0.6 is 0 Å². The molecule has 3 rings (SSSR count). The monoisotopic (exact) mass is 390 g/mol. The van der Waals surface area contributed by atoms with Gasteiger partial charge >= 0.3 is 0 Å². The lowest BCUT2D eigenvalue weighted by Crippen LogP contribution is -2.45. The average molecular weight is 390 g/mol. The van der Waals surface area contributed by atoms with Crippen LogP contribution in [0.15, 0.2) is 54.6 Å². The summed E-state index contributed by atoms with van der Waals surface area (Å²) in [6.07, 6.45) is 0.766. The van der Waals surface area contributed by atoms with Crippen molar-refractivity contribution < 1.29 is 22.7 Å². The standard InChI is InChI=1S/C19H22N2O5S/c1-27(23,24)21(12-15-7-3-2-4-8-15)13-19(22)20-11-16-14-25-17-9-5-6-10-18(17)26-16/h2-10,16H,11-14H2,1H3,(H,20,22). The highest BCUT2D eigenvalue weighted by Crippen LogP contribution is 2.30. The molecule has 1 aliphatic rings. The van der Waals surface area contributed by atoms with E-state index in [2.05, 4.69) is 5.32 Å². The molecule has 0 spiro atoms. The summed E-state index contributed by atoms with van der Waals surface area (Å²) in [6.45, 7) is 0.439. The third-order valence-electron chi connectivity index (χ3n) is 4.09. The molecule has 1 N–H and O–H groups in total. The van der Waals surface area contributed by atoms with Crippen molar-refractivity contribution in [3.8, 4) is 11.5 Å². The molecule has 1 unspecified atom stereocenters. The van der Waals surface area contributed by atoms with E-state index in [9.17, 15) is 13.2 Å². The summed E-state index contributed by atoms with van der Waals surface area (Å²) >= 11 is 0. The number of benzene rings is 2. The Hall–Kier alpha value is -2.58. The predicted molar refractivity (Wildman–Crippen MR) is 101 cm³/mol. The molecule has 0 aromatic heterocycles. The maximum absolute atomic E-state index is 12.3. The van der Waals surface area contributed by atoms with E-state index in [1.165, 1.54) is 0 Å². The highest BCUT2D eigenvalue weighted by molar-refractivity contribution is 7.88. The minimum atomic E-state index is -3.52. The maximum Gasteiger partial charge on any atom is 0.235 e. The molecule has 7 nitrogen and oxygen atoms in total. The summed E-state index contributed by atoms with van der Waals surface area (Å²) in [7, 11) is -3.52. The molecule has 144 valence electrons. The van der Waals surface area contributed by atoms with Crippen molar-refractivity contribution in [2.75, 3.05) is 26.0 Å². The lowest BCUT2D eigenvalue weighted by molar-refractivity contribution is -0.121. The molecule has 0 bridgehead atoms. The van der Waals surface area contributed by atoms with E-state index in [1.54, 1.807) is 6.07 Å². The van der Waals surface area contributed by atoms with Gasteiger partial charge in [0.25, 0.3) is 0 Å². The van der Waals surface area contributed by atoms with Crippen LogP contribution in [-0.4, -0.2) is 50.7 Å². The van der Waals surface area contributed by atoms with Crippen LogP contribution < -0.4 is 14.8 Å². The number of para-hydroxylation sites is 2.